The third kappa shape index (κ3) is 3.07. The molecule has 0 aliphatic rings. The van der Waals surface area contributed by atoms with E-state index < -0.39 is 4.92 Å². The van der Waals surface area contributed by atoms with Crippen molar-refractivity contribution in [3.05, 3.63) is 69.5 Å². The molecule has 5 heteroatoms. The molecule has 0 aliphatic carbocycles. The molecule has 0 spiro atoms. The number of nitrogens with one attached hydrogen (secondary N) is 1. The van der Waals surface area contributed by atoms with Gasteiger partial charge >= 0.3 is 0 Å². The summed E-state index contributed by atoms with van der Waals surface area (Å²) in [4.78, 5) is 10.4. The highest BCUT2D eigenvalue weighted by Crippen LogP contribution is 2.20. The van der Waals surface area contributed by atoms with E-state index in [9.17, 15) is 14.5 Å². The van der Waals surface area contributed by atoms with Gasteiger partial charge < -0.3 is 5.32 Å². The zero-order chi connectivity index (χ0) is 13.8. The molecule has 0 unspecified atom stereocenters. The molecule has 0 aliphatic heterocycles. The standard InChI is InChI=1S/C14H13FN2O2/c1-10-6-7-11(8-14(10)17(18)19)9-16-13-5-3-2-4-12(13)15/h2-8,16H,9H2,1H3. The molecule has 0 radical (unpaired) electrons. The number of aryl methyl sites for hydroxylation is 1. The van der Waals surface area contributed by atoms with Gasteiger partial charge in [0.25, 0.3) is 5.69 Å². The van der Waals surface area contributed by atoms with Gasteiger partial charge in [-0.3, -0.25) is 10.1 Å². The number of hydrogen-bond acceptors (Lipinski definition) is 3. The van der Waals surface area contributed by atoms with E-state index in [-0.39, 0.29) is 11.5 Å². The summed E-state index contributed by atoms with van der Waals surface area (Å²) in [5.74, 6) is -0.343. The van der Waals surface area contributed by atoms with E-state index in [1.807, 2.05) is 0 Å². The van der Waals surface area contributed by atoms with Crippen LogP contribution in [-0.4, -0.2) is 4.92 Å². The lowest BCUT2D eigenvalue weighted by atomic mass is 10.1. The second kappa shape index (κ2) is 5.48. The smallest absolute Gasteiger partial charge is 0.272 e. The second-order valence-corrected chi connectivity index (χ2v) is 4.21. The molecule has 0 heterocycles. The Balaban J connectivity index is 2.14. The molecule has 0 aromatic heterocycles. The number of rotatable bonds is 4. The van der Waals surface area contributed by atoms with Crippen LogP contribution in [0.1, 0.15) is 11.1 Å². The summed E-state index contributed by atoms with van der Waals surface area (Å²) in [6.07, 6.45) is 0. The van der Waals surface area contributed by atoms with Gasteiger partial charge in [-0.25, -0.2) is 4.39 Å². The molecular formula is C14H13FN2O2. The minimum Gasteiger partial charge on any atom is -0.379 e. The van der Waals surface area contributed by atoms with Crippen LogP contribution in [0.4, 0.5) is 15.8 Å². The van der Waals surface area contributed by atoms with Gasteiger partial charge in [-0.1, -0.05) is 24.3 Å². The Morgan fingerprint density at radius 1 is 1.26 bits per heavy atom. The third-order valence-corrected chi connectivity index (χ3v) is 2.83. The molecule has 0 atom stereocenters. The number of benzene rings is 2. The molecule has 0 amide bonds. The molecule has 0 fully saturated rings. The van der Waals surface area contributed by atoms with Crippen molar-refractivity contribution in [2.75, 3.05) is 5.32 Å². The predicted octanol–water partition coefficient (Wildman–Crippen LogP) is 3.65. The van der Waals surface area contributed by atoms with E-state index in [4.69, 9.17) is 0 Å². The third-order valence-electron chi connectivity index (χ3n) is 2.83. The van der Waals surface area contributed by atoms with E-state index in [1.165, 1.54) is 12.1 Å². The fourth-order valence-corrected chi connectivity index (χ4v) is 1.76. The van der Waals surface area contributed by atoms with Gasteiger partial charge in [0.15, 0.2) is 0 Å². The lowest BCUT2D eigenvalue weighted by Gasteiger charge is -2.08. The molecule has 0 saturated heterocycles. The molecule has 98 valence electrons. The molecule has 2 rings (SSSR count). The van der Waals surface area contributed by atoms with Crippen LogP contribution < -0.4 is 5.32 Å². The van der Waals surface area contributed by atoms with Gasteiger partial charge in [-0.15, -0.1) is 0 Å². The topological polar surface area (TPSA) is 55.2 Å². The van der Waals surface area contributed by atoms with Crippen LogP contribution in [0.5, 0.6) is 0 Å². The minimum absolute atomic E-state index is 0.0767. The van der Waals surface area contributed by atoms with Crippen molar-refractivity contribution < 1.29 is 9.31 Å². The maximum absolute atomic E-state index is 13.4. The van der Waals surface area contributed by atoms with Crippen LogP contribution in [-0.2, 0) is 6.54 Å². The maximum atomic E-state index is 13.4. The van der Waals surface area contributed by atoms with Crippen molar-refractivity contribution in [1.29, 1.82) is 0 Å². The van der Waals surface area contributed by atoms with Crippen molar-refractivity contribution in [3.63, 3.8) is 0 Å². The monoisotopic (exact) mass is 260 g/mol. The average Bonchev–Trinajstić information content (AvgIpc) is 2.39. The van der Waals surface area contributed by atoms with Crippen LogP contribution in [0.2, 0.25) is 0 Å². The lowest BCUT2D eigenvalue weighted by molar-refractivity contribution is -0.385. The predicted molar refractivity (Wildman–Crippen MR) is 71.6 cm³/mol. The Kier molecular flexibility index (Phi) is 3.75. The molecule has 0 bridgehead atoms. The highest BCUT2D eigenvalue weighted by atomic mass is 19.1. The normalized spacial score (nSPS) is 10.2. The van der Waals surface area contributed by atoms with Crippen molar-refractivity contribution in [2.45, 2.75) is 13.5 Å². The van der Waals surface area contributed by atoms with Crippen LogP contribution in [0.25, 0.3) is 0 Å². The summed E-state index contributed by atoms with van der Waals surface area (Å²) in [6.45, 7) is 2.02. The van der Waals surface area contributed by atoms with Crippen LogP contribution in [0, 0.1) is 22.9 Å². The summed E-state index contributed by atoms with van der Waals surface area (Å²) in [5, 5.41) is 13.7. The fraction of sp³-hybridized carbons (Fsp3) is 0.143. The first-order valence-corrected chi connectivity index (χ1v) is 5.80. The van der Waals surface area contributed by atoms with Crippen molar-refractivity contribution in [2.24, 2.45) is 0 Å². The first kappa shape index (κ1) is 13.0. The van der Waals surface area contributed by atoms with Gasteiger partial charge in [0.2, 0.25) is 0 Å². The van der Waals surface area contributed by atoms with Gasteiger partial charge in [-0.2, -0.15) is 0 Å². The maximum Gasteiger partial charge on any atom is 0.272 e. The summed E-state index contributed by atoms with van der Waals surface area (Å²) in [7, 11) is 0. The first-order valence-electron chi connectivity index (χ1n) is 5.80. The minimum atomic E-state index is -0.415. The molecule has 0 saturated carbocycles. The Hall–Kier alpha value is -2.43. The Bertz CT molecular complexity index is 614. The first-order chi connectivity index (χ1) is 9.08. The second-order valence-electron chi connectivity index (χ2n) is 4.21. The number of nitrogens with zero attached hydrogens (tertiary/aromatic N) is 1. The van der Waals surface area contributed by atoms with E-state index in [0.717, 1.165) is 5.56 Å². The highest BCUT2D eigenvalue weighted by molar-refractivity contribution is 5.47. The van der Waals surface area contributed by atoms with E-state index in [1.54, 1.807) is 37.3 Å². The summed E-state index contributed by atoms with van der Waals surface area (Å²) < 4.78 is 13.4. The van der Waals surface area contributed by atoms with Gasteiger partial charge in [0.05, 0.1) is 10.6 Å². The molecule has 1 N–H and O–H groups in total. The van der Waals surface area contributed by atoms with Crippen molar-refractivity contribution >= 4 is 11.4 Å². The quantitative estimate of drug-likeness (QED) is 0.674. The largest absolute Gasteiger partial charge is 0.379 e. The number of hydrogen-bond donors (Lipinski definition) is 1. The molecular weight excluding hydrogens is 247 g/mol. The van der Waals surface area contributed by atoms with Crippen LogP contribution in [0.3, 0.4) is 0 Å². The lowest BCUT2D eigenvalue weighted by Crippen LogP contribution is -2.02. The molecule has 19 heavy (non-hydrogen) atoms. The van der Waals surface area contributed by atoms with Gasteiger partial charge in [0.1, 0.15) is 5.82 Å². The number of halogens is 1. The number of anilines is 1. The Morgan fingerprint density at radius 2 is 2.00 bits per heavy atom. The van der Waals surface area contributed by atoms with Crippen molar-refractivity contribution in [3.8, 4) is 0 Å². The van der Waals surface area contributed by atoms with Crippen molar-refractivity contribution in [1.82, 2.24) is 0 Å². The zero-order valence-corrected chi connectivity index (χ0v) is 10.4. The zero-order valence-electron chi connectivity index (χ0n) is 10.4. The average molecular weight is 260 g/mol. The fourth-order valence-electron chi connectivity index (χ4n) is 1.76. The van der Waals surface area contributed by atoms with Gasteiger partial charge in [-0.05, 0) is 24.6 Å². The summed E-state index contributed by atoms with van der Waals surface area (Å²) in [5.41, 5.74) is 1.80. The van der Waals surface area contributed by atoms with E-state index in [0.29, 0.717) is 17.8 Å². The highest BCUT2D eigenvalue weighted by Gasteiger charge is 2.10. The molecule has 2 aromatic rings. The summed E-state index contributed by atoms with van der Waals surface area (Å²) >= 11 is 0. The van der Waals surface area contributed by atoms with Crippen LogP contribution in [0.15, 0.2) is 42.5 Å². The van der Waals surface area contributed by atoms with E-state index in [2.05, 4.69) is 5.32 Å². The SMILES string of the molecule is Cc1ccc(CNc2ccccc2F)cc1[N+](=O)[O-]. The molecule has 2 aromatic carbocycles. The van der Waals surface area contributed by atoms with E-state index >= 15 is 0 Å². The number of nitro benzene ring substituents is 1. The Morgan fingerprint density at radius 3 is 2.68 bits per heavy atom. The van der Waals surface area contributed by atoms with Gasteiger partial charge in [0, 0.05) is 18.2 Å². The Labute approximate surface area is 110 Å². The molecule has 4 nitrogen and oxygen atoms in total. The summed E-state index contributed by atoms with van der Waals surface area (Å²) in [6, 6.07) is 11.3. The number of nitro groups is 1. The number of para-hydroxylation sites is 1. The van der Waals surface area contributed by atoms with Crippen LogP contribution >= 0.6 is 0 Å².